The minimum atomic E-state index is 0.732. The van der Waals surface area contributed by atoms with E-state index >= 15 is 0 Å². The first-order valence-corrected chi connectivity index (χ1v) is 5.88. The summed E-state index contributed by atoms with van der Waals surface area (Å²) in [6, 6.07) is 8.13. The second-order valence-electron chi connectivity index (χ2n) is 2.36. The SMILES string of the molecule is CCOc1ccc(/C=[CH]/[SnH])cc1. The summed E-state index contributed by atoms with van der Waals surface area (Å²) in [7, 11) is 0. The summed E-state index contributed by atoms with van der Waals surface area (Å²) in [6.45, 7) is 2.72. The first-order valence-electron chi connectivity index (χ1n) is 3.98. The van der Waals surface area contributed by atoms with Gasteiger partial charge in [0.1, 0.15) is 0 Å². The van der Waals surface area contributed by atoms with Crippen molar-refractivity contribution in [1.29, 1.82) is 0 Å². The summed E-state index contributed by atoms with van der Waals surface area (Å²) in [5, 5.41) is 0. The average molecular weight is 267 g/mol. The Hall–Kier alpha value is -0.441. The van der Waals surface area contributed by atoms with Crippen molar-refractivity contribution in [1.82, 2.24) is 0 Å². The fraction of sp³-hybridized carbons (Fsp3) is 0.200. The molecule has 0 aliphatic carbocycles. The van der Waals surface area contributed by atoms with Crippen LogP contribution in [0.1, 0.15) is 12.5 Å². The molecule has 0 aliphatic rings. The molecule has 0 aromatic heterocycles. The van der Waals surface area contributed by atoms with Gasteiger partial charge in [-0.25, -0.2) is 0 Å². The van der Waals surface area contributed by atoms with Crippen molar-refractivity contribution in [3.63, 3.8) is 0 Å². The quantitative estimate of drug-likeness (QED) is 0.760. The van der Waals surface area contributed by atoms with Crippen molar-refractivity contribution >= 4 is 28.6 Å². The molecule has 1 rings (SSSR count). The summed E-state index contributed by atoms with van der Waals surface area (Å²) in [5.74, 6) is 0.946. The Kier molecular flexibility index (Phi) is 4.22. The zero-order valence-corrected chi connectivity index (χ0v) is 10.5. The molecule has 0 saturated heterocycles. The molecular formula is C10H12OSn. The molecule has 0 aliphatic heterocycles. The molecule has 0 heterocycles. The van der Waals surface area contributed by atoms with Crippen LogP contribution in [0.15, 0.2) is 28.4 Å². The van der Waals surface area contributed by atoms with Gasteiger partial charge in [0, 0.05) is 0 Å². The van der Waals surface area contributed by atoms with Crippen molar-refractivity contribution in [2.75, 3.05) is 6.61 Å². The first kappa shape index (κ1) is 9.65. The molecule has 0 spiro atoms. The molecule has 62 valence electrons. The number of ether oxygens (including phenoxy) is 1. The Balaban J connectivity index is 2.71. The Morgan fingerprint density at radius 3 is 2.50 bits per heavy atom. The van der Waals surface area contributed by atoms with Gasteiger partial charge in [0.25, 0.3) is 0 Å². The third kappa shape index (κ3) is 2.89. The van der Waals surface area contributed by atoms with E-state index in [1.807, 2.05) is 19.1 Å². The monoisotopic (exact) mass is 268 g/mol. The van der Waals surface area contributed by atoms with E-state index in [9.17, 15) is 0 Å². The summed E-state index contributed by atoms with van der Waals surface area (Å²) in [6.07, 6.45) is 2.12. The average Bonchev–Trinajstić information content (AvgIpc) is 2.09. The number of hydrogen-bond acceptors (Lipinski definition) is 1. The van der Waals surface area contributed by atoms with Crippen LogP contribution in [-0.4, -0.2) is 29.1 Å². The molecule has 12 heavy (non-hydrogen) atoms. The number of benzene rings is 1. The Bertz CT molecular complexity index is 251. The van der Waals surface area contributed by atoms with E-state index in [-0.39, 0.29) is 0 Å². The van der Waals surface area contributed by atoms with Crippen molar-refractivity contribution < 1.29 is 4.74 Å². The van der Waals surface area contributed by atoms with Gasteiger partial charge in [0.2, 0.25) is 0 Å². The molecule has 2 heteroatoms. The van der Waals surface area contributed by atoms with E-state index < -0.39 is 0 Å². The van der Waals surface area contributed by atoms with Crippen LogP contribution in [0, 0.1) is 0 Å². The van der Waals surface area contributed by atoms with Crippen LogP contribution in [0.5, 0.6) is 5.75 Å². The molecule has 0 amide bonds. The number of hydrogen-bond donors (Lipinski definition) is 0. The standard InChI is InChI=1S/C10H11O.Sn.H/c1-3-9-5-7-10(8-6-9)11-4-2;;/h1,3,5-8H,4H2,2H3;;. The van der Waals surface area contributed by atoms with Gasteiger partial charge in [0.05, 0.1) is 0 Å². The molecule has 0 atom stereocenters. The molecule has 0 saturated carbocycles. The third-order valence-electron chi connectivity index (χ3n) is 1.48. The third-order valence-corrected chi connectivity index (χ3v) is 2.03. The molecule has 1 aromatic rings. The van der Waals surface area contributed by atoms with E-state index in [1.54, 1.807) is 0 Å². The second kappa shape index (κ2) is 5.25. The van der Waals surface area contributed by atoms with Gasteiger partial charge < -0.3 is 0 Å². The van der Waals surface area contributed by atoms with E-state index in [0.717, 1.165) is 12.4 Å². The van der Waals surface area contributed by atoms with Crippen LogP contribution in [0.4, 0.5) is 0 Å². The van der Waals surface area contributed by atoms with Gasteiger partial charge in [-0.2, -0.15) is 0 Å². The zero-order chi connectivity index (χ0) is 8.81. The van der Waals surface area contributed by atoms with Gasteiger partial charge in [0.15, 0.2) is 0 Å². The summed E-state index contributed by atoms with van der Waals surface area (Å²) < 4.78 is 7.48. The van der Waals surface area contributed by atoms with Gasteiger partial charge in [-0.15, -0.1) is 0 Å². The maximum absolute atomic E-state index is 5.32. The summed E-state index contributed by atoms with van der Waals surface area (Å²) in [5.41, 5.74) is 1.24. The van der Waals surface area contributed by atoms with Gasteiger partial charge in [-0.1, -0.05) is 0 Å². The molecule has 0 fully saturated rings. The second-order valence-corrected chi connectivity index (χ2v) is 3.46. The summed E-state index contributed by atoms with van der Waals surface area (Å²) in [4.78, 5) is 0. The molecular weight excluding hydrogens is 255 g/mol. The fourth-order valence-electron chi connectivity index (χ4n) is 0.953. The van der Waals surface area contributed by atoms with E-state index in [1.165, 1.54) is 28.1 Å². The predicted molar refractivity (Wildman–Crippen MR) is 53.8 cm³/mol. The van der Waals surface area contributed by atoms with Crippen LogP contribution in [0.25, 0.3) is 6.08 Å². The Labute approximate surface area is 86.5 Å². The van der Waals surface area contributed by atoms with E-state index in [0.29, 0.717) is 0 Å². The van der Waals surface area contributed by atoms with Crippen molar-refractivity contribution in [2.45, 2.75) is 6.92 Å². The summed E-state index contributed by atoms with van der Waals surface area (Å²) >= 11 is 1.17. The maximum atomic E-state index is 5.32. The first-order chi connectivity index (χ1) is 5.86. The zero-order valence-electron chi connectivity index (χ0n) is 7.16. The molecule has 0 bridgehead atoms. The number of rotatable bonds is 3. The van der Waals surface area contributed by atoms with E-state index in [2.05, 4.69) is 22.3 Å². The van der Waals surface area contributed by atoms with Crippen LogP contribution in [0.3, 0.4) is 0 Å². The Morgan fingerprint density at radius 1 is 1.33 bits per heavy atom. The van der Waals surface area contributed by atoms with Crippen LogP contribution in [-0.2, 0) is 0 Å². The van der Waals surface area contributed by atoms with Crippen molar-refractivity contribution in [2.24, 2.45) is 0 Å². The van der Waals surface area contributed by atoms with E-state index in [4.69, 9.17) is 4.74 Å². The molecule has 1 nitrogen and oxygen atoms in total. The molecule has 2 radical (unpaired) electrons. The van der Waals surface area contributed by atoms with Gasteiger partial charge in [-0.3, -0.25) is 0 Å². The van der Waals surface area contributed by atoms with Crippen LogP contribution >= 0.6 is 0 Å². The molecule has 1 aromatic carbocycles. The predicted octanol–water partition coefficient (Wildman–Crippen LogP) is 1.96. The van der Waals surface area contributed by atoms with Gasteiger partial charge >= 0.3 is 86.5 Å². The van der Waals surface area contributed by atoms with Crippen LogP contribution in [0.2, 0.25) is 0 Å². The normalized spacial score (nSPS) is 10.5. The van der Waals surface area contributed by atoms with Gasteiger partial charge in [-0.05, 0) is 0 Å². The van der Waals surface area contributed by atoms with Crippen LogP contribution < -0.4 is 4.74 Å². The Morgan fingerprint density at radius 2 is 2.00 bits per heavy atom. The molecule has 0 N–H and O–H groups in total. The molecule has 0 unspecified atom stereocenters. The van der Waals surface area contributed by atoms with Crippen molar-refractivity contribution in [3.8, 4) is 5.75 Å². The topological polar surface area (TPSA) is 9.23 Å². The minimum absolute atomic E-state index is 0.732. The fourth-order valence-corrected chi connectivity index (χ4v) is 1.59. The van der Waals surface area contributed by atoms with Crippen molar-refractivity contribution in [3.05, 3.63) is 33.9 Å².